The number of hydrazone groups is 1. The molecule has 0 aromatic heterocycles. The number of hydrogen-bond donors (Lipinski definition) is 1. The average molecular weight is 396 g/mol. The number of rotatable bonds is 8. The molecule has 0 aliphatic carbocycles. The summed E-state index contributed by atoms with van der Waals surface area (Å²) in [5.41, 5.74) is 4.59. The van der Waals surface area contributed by atoms with Crippen molar-refractivity contribution >= 4 is 17.8 Å². The van der Waals surface area contributed by atoms with Gasteiger partial charge in [-0.2, -0.15) is 5.10 Å². The third-order valence-corrected chi connectivity index (χ3v) is 4.98. The summed E-state index contributed by atoms with van der Waals surface area (Å²) < 4.78 is 10.6. The lowest BCUT2D eigenvalue weighted by Gasteiger charge is -2.36. The second-order valence-corrected chi connectivity index (χ2v) is 6.79. The molecule has 0 saturated carbocycles. The number of methoxy groups -OCH3 is 2. The van der Waals surface area contributed by atoms with Crippen LogP contribution in [0.2, 0.25) is 0 Å². The number of carbonyl (C=O) groups is 1. The lowest BCUT2D eigenvalue weighted by molar-refractivity contribution is -0.121. The minimum absolute atomic E-state index is 0.103. The van der Waals surface area contributed by atoms with Crippen LogP contribution in [0.15, 0.2) is 53.6 Å². The highest BCUT2D eigenvalue weighted by Crippen LogP contribution is 2.29. The first-order chi connectivity index (χ1) is 14.2. The maximum Gasteiger partial charge on any atom is 0.241 e. The molecular formula is C22H28N4O3. The molecular weight excluding hydrogens is 368 g/mol. The van der Waals surface area contributed by atoms with E-state index in [1.165, 1.54) is 5.69 Å². The van der Waals surface area contributed by atoms with E-state index in [1.807, 2.05) is 24.3 Å². The lowest BCUT2D eigenvalue weighted by atomic mass is 10.2. The van der Waals surface area contributed by atoms with Crippen molar-refractivity contribution in [1.29, 1.82) is 0 Å². The fraction of sp³-hybridized carbons (Fsp3) is 0.364. The van der Waals surface area contributed by atoms with Gasteiger partial charge in [-0.3, -0.25) is 9.69 Å². The largest absolute Gasteiger partial charge is 0.493 e. The van der Waals surface area contributed by atoms with Crippen LogP contribution in [0.3, 0.4) is 0 Å². The first-order valence-corrected chi connectivity index (χ1v) is 9.76. The Kier molecular flexibility index (Phi) is 7.47. The number of benzene rings is 2. The Morgan fingerprint density at radius 1 is 1.03 bits per heavy atom. The molecule has 1 heterocycles. The van der Waals surface area contributed by atoms with E-state index in [9.17, 15) is 4.79 Å². The minimum Gasteiger partial charge on any atom is -0.493 e. The molecule has 0 spiro atoms. The van der Waals surface area contributed by atoms with E-state index in [0.717, 1.165) is 38.3 Å². The summed E-state index contributed by atoms with van der Waals surface area (Å²) in [6.45, 7) is 4.57. The van der Waals surface area contributed by atoms with Gasteiger partial charge in [0.2, 0.25) is 5.91 Å². The third kappa shape index (κ3) is 5.71. The van der Waals surface area contributed by atoms with E-state index in [2.05, 4.69) is 44.6 Å². The average Bonchev–Trinajstić information content (AvgIpc) is 2.78. The van der Waals surface area contributed by atoms with E-state index >= 15 is 0 Å². The number of piperazine rings is 1. The van der Waals surface area contributed by atoms with Crippen molar-refractivity contribution in [2.45, 2.75) is 6.42 Å². The number of nitrogens with one attached hydrogen (secondary N) is 1. The lowest BCUT2D eigenvalue weighted by Crippen LogP contribution is -2.47. The second-order valence-electron chi connectivity index (χ2n) is 6.79. The summed E-state index contributed by atoms with van der Waals surface area (Å²) in [6, 6.07) is 15.9. The van der Waals surface area contributed by atoms with Crippen LogP contribution in [0, 0.1) is 0 Å². The Hall–Kier alpha value is -3.06. The molecule has 1 fully saturated rings. The van der Waals surface area contributed by atoms with E-state index < -0.39 is 0 Å². The molecule has 7 heteroatoms. The van der Waals surface area contributed by atoms with E-state index in [-0.39, 0.29) is 5.91 Å². The van der Waals surface area contributed by atoms with Crippen molar-refractivity contribution in [3.8, 4) is 11.5 Å². The van der Waals surface area contributed by atoms with Crippen LogP contribution in [-0.4, -0.2) is 64.0 Å². The van der Waals surface area contributed by atoms with Crippen LogP contribution < -0.4 is 19.8 Å². The standard InChI is InChI=1S/C22H28N4O3/c1-28-20-10-6-7-18(22(20)29-2)17-23-24-21(27)11-12-25-13-15-26(16-14-25)19-8-4-3-5-9-19/h3-10,17H,11-16H2,1-2H3,(H,24,27)/b23-17+. The number of ether oxygens (including phenoxy) is 2. The highest BCUT2D eigenvalue weighted by atomic mass is 16.5. The highest BCUT2D eigenvalue weighted by Gasteiger charge is 2.17. The molecule has 1 amide bonds. The molecule has 2 aromatic carbocycles. The zero-order valence-electron chi connectivity index (χ0n) is 17.0. The predicted octanol–water partition coefficient (Wildman–Crippen LogP) is 2.37. The van der Waals surface area contributed by atoms with Gasteiger partial charge in [0.1, 0.15) is 0 Å². The monoisotopic (exact) mass is 396 g/mol. The molecule has 7 nitrogen and oxygen atoms in total. The van der Waals surface area contributed by atoms with Crippen molar-refractivity contribution in [3.63, 3.8) is 0 Å². The van der Waals surface area contributed by atoms with Crippen molar-refractivity contribution in [2.24, 2.45) is 5.10 Å². The molecule has 1 aliphatic heterocycles. The minimum atomic E-state index is -0.103. The van der Waals surface area contributed by atoms with Gasteiger partial charge >= 0.3 is 0 Å². The van der Waals surface area contributed by atoms with Crippen LogP contribution in [0.4, 0.5) is 5.69 Å². The highest BCUT2D eigenvalue weighted by molar-refractivity contribution is 5.86. The van der Waals surface area contributed by atoms with Gasteiger partial charge in [0, 0.05) is 50.4 Å². The number of anilines is 1. The normalized spacial score (nSPS) is 14.8. The van der Waals surface area contributed by atoms with Gasteiger partial charge in [-0.25, -0.2) is 5.43 Å². The maximum absolute atomic E-state index is 12.1. The molecule has 1 saturated heterocycles. The summed E-state index contributed by atoms with van der Waals surface area (Å²) in [4.78, 5) is 16.8. The first-order valence-electron chi connectivity index (χ1n) is 9.76. The van der Waals surface area contributed by atoms with Crippen molar-refractivity contribution < 1.29 is 14.3 Å². The third-order valence-electron chi connectivity index (χ3n) is 4.98. The SMILES string of the molecule is COc1cccc(/C=N/NC(=O)CCN2CCN(c3ccccc3)CC2)c1OC. The van der Waals surface area contributed by atoms with E-state index in [0.29, 0.717) is 17.9 Å². The van der Waals surface area contributed by atoms with Crippen LogP contribution >= 0.6 is 0 Å². The number of nitrogens with zero attached hydrogens (tertiary/aromatic N) is 3. The summed E-state index contributed by atoms with van der Waals surface area (Å²) in [6.07, 6.45) is 1.98. The van der Waals surface area contributed by atoms with Crippen molar-refractivity contribution in [3.05, 3.63) is 54.1 Å². The quantitative estimate of drug-likeness (QED) is 0.548. The van der Waals surface area contributed by atoms with Crippen molar-refractivity contribution in [2.75, 3.05) is 51.8 Å². The van der Waals surface area contributed by atoms with Gasteiger partial charge in [0.25, 0.3) is 0 Å². The van der Waals surface area contributed by atoms with Gasteiger partial charge in [-0.15, -0.1) is 0 Å². The summed E-state index contributed by atoms with van der Waals surface area (Å²) in [7, 11) is 3.16. The van der Waals surface area contributed by atoms with Gasteiger partial charge < -0.3 is 14.4 Å². The molecule has 0 atom stereocenters. The van der Waals surface area contributed by atoms with Crippen LogP contribution in [0.5, 0.6) is 11.5 Å². The Morgan fingerprint density at radius 2 is 1.79 bits per heavy atom. The van der Waals surface area contributed by atoms with Gasteiger partial charge in [0.05, 0.1) is 20.4 Å². The fourth-order valence-corrected chi connectivity index (χ4v) is 3.37. The molecule has 0 radical (unpaired) electrons. The topological polar surface area (TPSA) is 66.4 Å². The van der Waals surface area contributed by atoms with Gasteiger partial charge in [0.15, 0.2) is 11.5 Å². The summed E-state index contributed by atoms with van der Waals surface area (Å²) in [5, 5.41) is 4.05. The number of hydrogen-bond acceptors (Lipinski definition) is 6. The number of carbonyl (C=O) groups excluding carboxylic acids is 1. The van der Waals surface area contributed by atoms with Gasteiger partial charge in [-0.05, 0) is 24.3 Å². The van der Waals surface area contributed by atoms with Crippen LogP contribution in [0.25, 0.3) is 0 Å². The number of para-hydroxylation sites is 2. The summed E-state index contributed by atoms with van der Waals surface area (Å²) >= 11 is 0. The van der Waals surface area contributed by atoms with Crippen LogP contribution in [-0.2, 0) is 4.79 Å². The molecule has 0 unspecified atom stereocenters. The van der Waals surface area contributed by atoms with Crippen LogP contribution in [0.1, 0.15) is 12.0 Å². The summed E-state index contributed by atoms with van der Waals surface area (Å²) in [5.74, 6) is 1.11. The smallest absolute Gasteiger partial charge is 0.241 e. The molecule has 2 aromatic rings. The number of amides is 1. The molecule has 1 N–H and O–H groups in total. The predicted molar refractivity (Wildman–Crippen MR) is 115 cm³/mol. The zero-order chi connectivity index (χ0) is 20.5. The molecule has 3 rings (SSSR count). The van der Waals surface area contributed by atoms with E-state index in [1.54, 1.807) is 20.4 Å². The molecule has 154 valence electrons. The van der Waals surface area contributed by atoms with E-state index in [4.69, 9.17) is 9.47 Å². The molecule has 29 heavy (non-hydrogen) atoms. The molecule has 1 aliphatic rings. The van der Waals surface area contributed by atoms with Crippen molar-refractivity contribution in [1.82, 2.24) is 10.3 Å². The second kappa shape index (κ2) is 10.5. The maximum atomic E-state index is 12.1. The molecule has 0 bridgehead atoms. The fourth-order valence-electron chi connectivity index (χ4n) is 3.37. The zero-order valence-corrected chi connectivity index (χ0v) is 17.0. The first kappa shape index (κ1) is 20.7. The Balaban J connectivity index is 1.41. The van der Waals surface area contributed by atoms with Gasteiger partial charge in [-0.1, -0.05) is 24.3 Å². The Morgan fingerprint density at radius 3 is 2.48 bits per heavy atom. The Bertz CT molecular complexity index is 818. The Labute approximate surface area is 171 Å².